The van der Waals surface area contributed by atoms with E-state index in [-0.39, 0.29) is 39.6 Å². The van der Waals surface area contributed by atoms with Gasteiger partial charge in [-0.05, 0) is 44.2 Å². The molecule has 0 saturated carbocycles. The van der Waals surface area contributed by atoms with Crippen molar-refractivity contribution >= 4 is 35.1 Å². The Bertz CT molecular complexity index is 852. The summed E-state index contributed by atoms with van der Waals surface area (Å²) in [4.78, 5) is 40.1. The molecule has 2 rings (SSSR count). The molecule has 0 fully saturated rings. The number of hydrogen-bond acceptors (Lipinski definition) is 5. The number of rotatable bonds is 5. The van der Waals surface area contributed by atoms with Crippen molar-refractivity contribution in [3.63, 3.8) is 0 Å². The first-order chi connectivity index (χ1) is 12.3. The maximum Gasteiger partial charge on any atom is 0.337 e. The van der Waals surface area contributed by atoms with Crippen molar-refractivity contribution in [2.75, 3.05) is 12.4 Å². The highest BCUT2D eigenvalue weighted by Gasteiger charge is 2.15. The van der Waals surface area contributed by atoms with Gasteiger partial charge in [0.05, 0.1) is 23.4 Å². The van der Waals surface area contributed by atoms with E-state index in [2.05, 4.69) is 20.4 Å². The predicted octanol–water partition coefficient (Wildman–Crippen LogP) is 2.91. The van der Waals surface area contributed by atoms with Crippen molar-refractivity contribution in [3.05, 3.63) is 58.4 Å². The molecule has 0 aliphatic carbocycles. The summed E-state index contributed by atoms with van der Waals surface area (Å²) < 4.78 is 4.64. The summed E-state index contributed by atoms with van der Waals surface area (Å²) in [5, 5.41) is 5.53. The summed E-state index contributed by atoms with van der Waals surface area (Å²) in [5.74, 6) is -1.49. The molecule has 2 N–H and O–H groups in total. The summed E-state index contributed by atoms with van der Waals surface area (Å²) in [6.07, 6.45) is 0. The van der Waals surface area contributed by atoms with Gasteiger partial charge in [-0.25, -0.2) is 9.78 Å². The number of nitrogens with zero attached hydrogens (tertiary/aromatic N) is 1. The molecular weight excluding hydrogens is 358 g/mol. The van der Waals surface area contributed by atoms with Crippen LogP contribution in [-0.2, 0) is 4.74 Å². The summed E-state index contributed by atoms with van der Waals surface area (Å²) in [5.41, 5.74) is 0.644. The lowest BCUT2D eigenvalue weighted by Gasteiger charge is -2.10. The van der Waals surface area contributed by atoms with E-state index < -0.39 is 11.9 Å². The van der Waals surface area contributed by atoms with Crippen LogP contribution < -0.4 is 10.6 Å². The Morgan fingerprint density at radius 3 is 2.35 bits per heavy atom. The van der Waals surface area contributed by atoms with Gasteiger partial charge in [0.15, 0.2) is 0 Å². The number of hydrogen-bond donors (Lipinski definition) is 2. The first-order valence-electron chi connectivity index (χ1n) is 7.79. The average molecular weight is 376 g/mol. The van der Waals surface area contributed by atoms with E-state index in [1.807, 2.05) is 13.8 Å². The number of amides is 2. The van der Waals surface area contributed by atoms with Crippen molar-refractivity contribution in [1.82, 2.24) is 10.3 Å². The summed E-state index contributed by atoms with van der Waals surface area (Å²) in [6.45, 7) is 3.65. The third-order valence-electron chi connectivity index (χ3n) is 3.27. The Kier molecular flexibility index (Phi) is 6.30. The van der Waals surface area contributed by atoms with E-state index in [4.69, 9.17) is 11.6 Å². The maximum atomic E-state index is 12.4. The molecular formula is C18H18ClN3O4. The van der Waals surface area contributed by atoms with Gasteiger partial charge in [0, 0.05) is 6.04 Å². The third-order valence-corrected chi connectivity index (χ3v) is 3.60. The first-order valence-corrected chi connectivity index (χ1v) is 8.16. The zero-order valence-electron chi connectivity index (χ0n) is 14.5. The molecule has 2 amide bonds. The van der Waals surface area contributed by atoms with Crippen LogP contribution in [0.1, 0.15) is 45.2 Å². The van der Waals surface area contributed by atoms with E-state index in [1.165, 1.54) is 37.4 Å². The van der Waals surface area contributed by atoms with Gasteiger partial charge in [-0.1, -0.05) is 17.7 Å². The van der Waals surface area contributed by atoms with Crippen molar-refractivity contribution in [3.8, 4) is 0 Å². The van der Waals surface area contributed by atoms with Crippen LogP contribution in [0.25, 0.3) is 0 Å². The van der Waals surface area contributed by atoms with Crippen LogP contribution >= 0.6 is 11.6 Å². The van der Waals surface area contributed by atoms with Crippen molar-refractivity contribution < 1.29 is 19.1 Å². The molecule has 0 aliphatic rings. The molecule has 7 nitrogen and oxygen atoms in total. The second kappa shape index (κ2) is 8.44. The highest BCUT2D eigenvalue weighted by Crippen LogP contribution is 2.24. The van der Waals surface area contributed by atoms with E-state index in [0.29, 0.717) is 0 Å². The molecule has 0 atom stereocenters. The SMILES string of the molecule is COC(=O)c1ccc(Cl)c(NC(=O)c2cccc(C(=O)NC(C)C)n2)c1. The zero-order valence-corrected chi connectivity index (χ0v) is 15.3. The zero-order chi connectivity index (χ0) is 19.3. The topological polar surface area (TPSA) is 97.4 Å². The second-order valence-electron chi connectivity index (χ2n) is 5.68. The Labute approximate surface area is 155 Å². The lowest BCUT2D eigenvalue weighted by molar-refractivity contribution is 0.0600. The van der Waals surface area contributed by atoms with Gasteiger partial charge in [0.1, 0.15) is 11.4 Å². The smallest absolute Gasteiger partial charge is 0.337 e. The van der Waals surface area contributed by atoms with Crippen LogP contribution in [0.2, 0.25) is 5.02 Å². The van der Waals surface area contributed by atoms with Crippen LogP contribution in [-0.4, -0.2) is 35.9 Å². The van der Waals surface area contributed by atoms with Crippen LogP contribution in [0.5, 0.6) is 0 Å². The molecule has 0 bridgehead atoms. The maximum absolute atomic E-state index is 12.4. The van der Waals surface area contributed by atoms with E-state index in [9.17, 15) is 14.4 Å². The summed E-state index contributed by atoms with van der Waals surface area (Å²) in [6, 6.07) is 8.85. The van der Waals surface area contributed by atoms with E-state index >= 15 is 0 Å². The van der Waals surface area contributed by atoms with Gasteiger partial charge >= 0.3 is 5.97 Å². The minimum Gasteiger partial charge on any atom is -0.465 e. The fourth-order valence-corrected chi connectivity index (χ4v) is 2.24. The highest BCUT2D eigenvalue weighted by molar-refractivity contribution is 6.34. The number of methoxy groups -OCH3 is 1. The minimum atomic E-state index is -0.562. The van der Waals surface area contributed by atoms with Crippen LogP contribution in [0.4, 0.5) is 5.69 Å². The molecule has 1 aromatic heterocycles. The van der Waals surface area contributed by atoms with Gasteiger partial charge in [-0.15, -0.1) is 0 Å². The second-order valence-corrected chi connectivity index (χ2v) is 6.08. The fraction of sp³-hybridized carbons (Fsp3) is 0.222. The molecule has 136 valence electrons. The number of anilines is 1. The van der Waals surface area contributed by atoms with Crippen LogP contribution in [0, 0.1) is 0 Å². The van der Waals surface area contributed by atoms with Gasteiger partial charge < -0.3 is 15.4 Å². The van der Waals surface area contributed by atoms with Gasteiger partial charge in [-0.3, -0.25) is 9.59 Å². The standard InChI is InChI=1S/C18H18ClN3O4/c1-10(2)20-16(23)13-5-4-6-14(21-13)17(24)22-15-9-11(18(25)26-3)7-8-12(15)19/h4-10H,1-3H3,(H,20,23)(H,22,24). The minimum absolute atomic E-state index is 0.0425. The Hall–Kier alpha value is -2.93. The molecule has 8 heteroatoms. The number of halogens is 1. The number of aromatic nitrogens is 1. The predicted molar refractivity (Wildman–Crippen MR) is 97.6 cm³/mol. The number of esters is 1. The Morgan fingerprint density at radius 1 is 1.08 bits per heavy atom. The molecule has 0 aliphatic heterocycles. The Balaban J connectivity index is 2.23. The van der Waals surface area contributed by atoms with Crippen LogP contribution in [0.15, 0.2) is 36.4 Å². The molecule has 0 spiro atoms. The average Bonchev–Trinajstić information content (AvgIpc) is 2.62. The first kappa shape index (κ1) is 19.4. The molecule has 26 heavy (non-hydrogen) atoms. The highest BCUT2D eigenvalue weighted by atomic mass is 35.5. The molecule has 1 heterocycles. The van der Waals surface area contributed by atoms with Gasteiger partial charge in [0.2, 0.25) is 0 Å². The molecule has 0 unspecified atom stereocenters. The number of pyridine rings is 1. The number of carbonyl (C=O) groups is 3. The number of nitrogens with one attached hydrogen (secondary N) is 2. The van der Waals surface area contributed by atoms with Gasteiger partial charge in [0.25, 0.3) is 11.8 Å². The molecule has 0 radical (unpaired) electrons. The monoisotopic (exact) mass is 375 g/mol. The van der Waals surface area contributed by atoms with Crippen molar-refractivity contribution in [2.45, 2.75) is 19.9 Å². The van der Waals surface area contributed by atoms with Crippen LogP contribution in [0.3, 0.4) is 0 Å². The number of carbonyl (C=O) groups excluding carboxylic acids is 3. The quantitative estimate of drug-likeness (QED) is 0.783. The molecule has 1 aromatic carbocycles. The number of benzene rings is 1. The largest absolute Gasteiger partial charge is 0.465 e. The molecule has 0 saturated heterocycles. The summed E-state index contributed by atoms with van der Waals surface area (Å²) in [7, 11) is 1.26. The fourth-order valence-electron chi connectivity index (χ4n) is 2.08. The summed E-state index contributed by atoms with van der Waals surface area (Å²) >= 11 is 6.06. The van der Waals surface area contributed by atoms with Gasteiger partial charge in [-0.2, -0.15) is 0 Å². The Morgan fingerprint density at radius 2 is 1.73 bits per heavy atom. The lowest BCUT2D eigenvalue weighted by atomic mass is 10.2. The lowest BCUT2D eigenvalue weighted by Crippen LogP contribution is -2.31. The normalized spacial score (nSPS) is 10.3. The van der Waals surface area contributed by atoms with Crippen molar-refractivity contribution in [2.24, 2.45) is 0 Å². The van der Waals surface area contributed by atoms with E-state index in [1.54, 1.807) is 6.07 Å². The molecule has 2 aromatic rings. The third kappa shape index (κ3) is 4.80. The van der Waals surface area contributed by atoms with Crippen molar-refractivity contribution in [1.29, 1.82) is 0 Å². The van der Waals surface area contributed by atoms with E-state index in [0.717, 1.165) is 0 Å². The number of ether oxygens (including phenoxy) is 1.